The van der Waals surface area contributed by atoms with Gasteiger partial charge in [-0.3, -0.25) is 9.78 Å². The van der Waals surface area contributed by atoms with Gasteiger partial charge < -0.3 is 20.1 Å². The monoisotopic (exact) mass is 495 g/mol. The third kappa shape index (κ3) is 4.42. The lowest BCUT2D eigenvalue weighted by Crippen LogP contribution is -2.29. The summed E-state index contributed by atoms with van der Waals surface area (Å²) >= 11 is 12.4. The largest absolute Gasteiger partial charge is 0.351 e. The SMILES string of the molecule is CCn1c(C)cc([C@H]2[C@@H](c3ccccn3)NC(=S)N2c2ccc(NC(=O)C(C)C)c(Cl)c2)c1C. The lowest BCUT2D eigenvalue weighted by Gasteiger charge is -2.28. The first kappa shape index (κ1) is 24.2. The van der Waals surface area contributed by atoms with Gasteiger partial charge in [-0.25, -0.2) is 0 Å². The van der Waals surface area contributed by atoms with E-state index in [1.807, 2.05) is 50.2 Å². The van der Waals surface area contributed by atoms with Crippen LogP contribution in [-0.2, 0) is 11.3 Å². The predicted octanol–water partition coefficient (Wildman–Crippen LogP) is 5.94. The van der Waals surface area contributed by atoms with Crippen LogP contribution in [-0.4, -0.2) is 20.6 Å². The van der Waals surface area contributed by atoms with Gasteiger partial charge in [0, 0.05) is 35.7 Å². The molecule has 2 aromatic heterocycles. The lowest BCUT2D eigenvalue weighted by molar-refractivity contribution is -0.118. The molecule has 1 fully saturated rings. The number of carbonyl (C=O) groups excluding carboxylic acids is 1. The average Bonchev–Trinajstić information content (AvgIpc) is 3.30. The fourth-order valence-corrected chi connectivity index (χ4v) is 5.16. The number of hydrogen-bond acceptors (Lipinski definition) is 3. The van der Waals surface area contributed by atoms with Crippen molar-refractivity contribution < 1.29 is 4.79 Å². The topological polar surface area (TPSA) is 62.2 Å². The first-order valence-electron chi connectivity index (χ1n) is 11.5. The van der Waals surface area contributed by atoms with E-state index >= 15 is 0 Å². The summed E-state index contributed by atoms with van der Waals surface area (Å²) in [6.45, 7) is 11.0. The van der Waals surface area contributed by atoms with Gasteiger partial charge >= 0.3 is 0 Å². The van der Waals surface area contributed by atoms with Crippen molar-refractivity contribution in [1.82, 2.24) is 14.9 Å². The minimum absolute atomic E-state index is 0.0758. The highest BCUT2D eigenvalue weighted by molar-refractivity contribution is 7.80. The summed E-state index contributed by atoms with van der Waals surface area (Å²) in [6, 6.07) is 13.6. The molecular formula is C26H30ClN5OS. The molecule has 4 rings (SSSR count). The number of aryl methyl sites for hydroxylation is 1. The summed E-state index contributed by atoms with van der Waals surface area (Å²) in [5.41, 5.74) is 5.96. The number of nitrogens with one attached hydrogen (secondary N) is 2. The number of amides is 1. The van der Waals surface area contributed by atoms with E-state index < -0.39 is 0 Å². The van der Waals surface area contributed by atoms with Crippen LogP contribution in [0.5, 0.6) is 0 Å². The summed E-state index contributed by atoms with van der Waals surface area (Å²) in [6.07, 6.45) is 1.80. The number of nitrogens with zero attached hydrogens (tertiary/aromatic N) is 3. The number of benzene rings is 1. The van der Waals surface area contributed by atoms with Gasteiger partial charge in [0.2, 0.25) is 5.91 Å². The Balaban J connectivity index is 1.80. The lowest BCUT2D eigenvalue weighted by atomic mass is 9.96. The van der Waals surface area contributed by atoms with Gasteiger partial charge in [-0.05, 0) is 75.0 Å². The molecule has 34 heavy (non-hydrogen) atoms. The van der Waals surface area contributed by atoms with Crippen molar-refractivity contribution in [3.63, 3.8) is 0 Å². The van der Waals surface area contributed by atoms with Crippen LogP contribution < -0.4 is 15.5 Å². The van der Waals surface area contributed by atoms with E-state index in [4.69, 9.17) is 23.8 Å². The molecule has 8 heteroatoms. The molecule has 0 unspecified atom stereocenters. The number of pyridine rings is 1. The van der Waals surface area contributed by atoms with Crippen LogP contribution in [0.4, 0.5) is 11.4 Å². The van der Waals surface area contributed by atoms with Crippen LogP contribution in [0.15, 0.2) is 48.7 Å². The Kier molecular flexibility index (Phi) is 6.96. The molecule has 2 atom stereocenters. The van der Waals surface area contributed by atoms with Gasteiger partial charge in [0.1, 0.15) is 0 Å². The molecule has 1 aliphatic rings. The normalized spacial score (nSPS) is 17.9. The highest BCUT2D eigenvalue weighted by Crippen LogP contribution is 2.44. The van der Waals surface area contributed by atoms with Crippen LogP contribution in [0.25, 0.3) is 0 Å². The van der Waals surface area contributed by atoms with E-state index in [1.54, 1.807) is 6.20 Å². The number of carbonyl (C=O) groups is 1. The Morgan fingerprint density at radius 1 is 1.24 bits per heavy atom. The number of thiocarbonyl (C=S) groups is 1. The molecule has 0 saturated carbocycles. The summed E-state index contributed by atoms with van der Waals surface area (Å²) in [5.74, 6) is -0.212. The second-order valence-electron chi connectivity index (χ2n) is 8.88. The molecule has 3 heterocycles. The van der Waals surface area contributed by atoms with E-state index in [-0.39, 0.29) is 23.9 Å². The van der Waals surface area contributed by atoms with Crippen LogP contribution in [0, 0.1) is 19.8 Å². The van der Waals surface area contributed by atoms with E-state index in [9.17, 15) is 4.79 Å². The van der Waals surface area contributed by atoms with E-state index in [1.165, 1.54) is 17.0 Å². The number of hydrogen-bond donors (Lipinski definition) is 2. The molecule has 0 bridgehead atoms. The zero-order valence-corrected chi connectivity index (χ0v) is 21.7. The highest BCUT2D eigenvalue weighted by Gasteiger charge is 2.42. The van der Waals surface area contributed by atoms with Crippen molar-refractivity contribution >= 4 is 46.2 Å². The van der Waals surface area contributed by atoms with Crippen LogP contribution in [0.2, 0.25) is 5.02 Å². The van der Waals surface area contributed by atoms with Crippen molar-refractivity contribution in [1.29, 1.82) is 0 Å². The smallest absolute Gasteiger partial charge is 0.226 e. The summed E-state index contributed by atoms with van der Waals surface area (Å²) in [7, 11) is 0. The van der Waals surface area contributed by atoms with Crippen molar-refractivity contribution in [2.24, 2.45) is 5.92 Å². The third-order valence-corrected chi connectivity index (χ3v) is 6.99. The molecule has 1 aliphatic heterocycles. The number of anilines is 2. The van der Waals surface area contributed by atoms with Gasteiger partial charge in [-0.1, -0.05) is 31.5 Å². The quantitative estimate of drug-likeness (QED) is 0.414. The Bertz CT molecular complexity index is 1220. The number of halogens is 1. The maximum Gasteiger partial charge on any atom is 0.226 e. The fraction of sp³-hybridized carbons (Fsp3) is 0.346. The van der Waals surface area contributed by atoms with Gasteiger partial charge in [0.25, 0.3) is 0 Å². The maximum absolute atomic E-state index is 12.2. The standard InChI is InChI=1S/C26H30ClN5OS/c1-6-31-16(4)13-19(17(31)5)24-23(22-9-7-8-12-28-22)30-26(34)32(24)18-10-11-21(20(27)14-18)29-25(33)15(2)3/h7-15,23-24H,6H2,1-5H3,(H,29,33)(H,30,34)/t23-,24+/m1/s1. The molecule has 3 aromatic rings. The fourth-order valence-electron chi connectivity index (χ4n) is 4.60. The molecule has 0 radical (unpaired) electrons. The number of rotatable bonds is 6. The first-order chi connectivity index (χ1) is 16.2. The molecule has 0 aliphatic carbocycles. The van der Waals surface area contributed by atoms with E-state index in [2.05, 4.69) is 51.9 Å². The van der Waals surface area contributed by atoms with E-state index in [0.29, 0.717) is 15.8 Å². The average molecular weight is 496 g/mol. The molecule has 178 valence electrons. The van der Waals surface area contributed by atoms with Gasteiger partial charge in [0.05, 0.1) is 28.5 Å². The number of aromatic nitrogens is 2. The molecule has 6 nitrogen and oxygen atoms in total. The van der Waals surface area contributed by atoms with E-state index in [0.717, 1.165) is 17.9 Å². The molecule has 1 amide bonds. The zero-order chi connectivity index (χ0) is 24.6. The molecular weight excluding hydrogens is 466 g/mol. The summed E-state index contributed by atoms with van der Waals surface area (Å²) < 4.78 is 2.31. The predicted molar refractivity (Wildman–Crippen MR) is 142 cm³/mol. The minimum Gasteiger partial charge on any atom is -0.351 e. The zero-order valence-electron chi connectivity index (χ0n) is 20.1. The van der Waals surface area contributed by atoms with Crippen molar-refractivity contribution in [2.45, 2.75) is 53.2 Å². The second-order valence-corrected chi connectivity index (χ2v) is 9.67. The van der Waals surface area contributed by atoms with Crippen LogP contribution in [0.3, 0.4) is 0 Å². The molecule has 2 N–H and O–H groups in total. The van der Waals surface area contributed by atoms with Gasteiger partial charge in [-0.15, -0.1) is 0 Å². The second kappa shape index (κ2) is 9.76. The summed E-state index contributed by atoms with van der Waals surface area (Å²) in [4.78, 5) is 18.9. The van der Waals surface area contributed by atoms with Gasteiger partial charge in [0.15, 0.2) is 5.11 Å². The first-order valence-corrected chi connectivity index (χ1v) is 12.3. The minimum atomic E-state index is -0.136. The Morgan fingerprint density at radius 3 is 2.59 bits per heavy atom. The van der Waals surface area contributed by atoms with Crippen molar-refractivity contribution in [2.75, 3.05) is 10.2 Å². The molecule has 1 aromatic carbocycles. The molecule has 0 spiro atoms. The van der Waals surface area contributed by atoms with Crippen molar-refractivity contribution in [3.8, 4) is 0 Å². The maximum atomic E-state index is 12.2. The van der Waals surface area contributed by atoms with Gasteiger partial charge in [-0.2, -0.15) is 0 Å². The Morgan fingerprint density at radius 2 is 2.00 bits per heavy atom. The van der Waals surface area contributed by atoms with Crippen LogP contribution >= 0.6 is 23.8 Å². The highest BCUT2D eigenvalue weighted by atomic mass is 35.5. The Hall–Kier alpha value is -2.90. The molecule has 1 saturated heterocycles. The van der Waals surface area contributed by atoms with Crippen molar-refractivity contribution in [3.05, 3.63) is 76.3 Å². The summed E-state index contributed by atoms with van der Waals surface area (Å²) in [5, 5.41) is 7.46. The third-order valence-electron chi connectivity index (χ3n) is 6.36. The van der Waals surface area contributed by atoms with Crippen LogP contribution in [0.1, 0.15) is 55.5 Å². The Labute approximate surface area is 211 Å².